The number of amides is 2. The molecule has 3 aliphatic rings. The van der Waals surface area contributed by atoms with Gasteiger partial charge in [-0.25, -0.2) is 0 Å². The largest absolute Gasteiger partial charge is 0.493 e. The molecular formula is C24H23BrN2O5. The fourth-order valence-electron chi connectivity index (χ4n) is 5.41. The van der Waals surface area contributed by atoms with E-state index in [1.165, 1.54) is 0 Å². The first-order valence-corrected chi connectivity index (χ1v) is 11.4. The summed E-state index contributed by atoms with van der Waals surface area (Å²) in [6, 6.07) is 10.4. The Morgan fingerprint density at radius 1 is 1.28 bits per heavy atom. The maximum atomic E-state index is 14.0. The van der Waals surface area contributed by atoms with Crippen LogP contribution in [0.5, 0.6) is 5.75 Å². The average molecular weight is 499 g/mol. The third-order valence-electron chi connectivity index (χ3n) is 6.81. The van der Waals surface area contributed by atoms with Crippen LogP contribution in [0.15, 0.2) is 40.9 Å². The topological polar surface area (TPSA) is 84.9 Å². The normalized spacial score (nSPS) is 27.9. The van der Waals surface area contributed by atoms with Gasteiger partial charge in [-0.2, -0.15) is 0 Å². The molecule has 0 aliphatic carbocycles. The van der Waals surface area contributed by atoms with Crippen molar-refractivity contribution in [1.82, 2.24) is 4.90 Å². The van der Waals surface area contributed by atoms with Crippen molar-refractivity contribution in [3.63, 3.8) is 0 Å². The zero-order valence-corrected chi connectivity index (χ0v) is 19.6. The van der Waals surface area contributed by atoms with E-state index >= 15 is 0 Å². The highest BCUT2D eigenvalue weighted by molar-refractivity contribution is 9.10. The van der Waals surface area contributed by atoms with Crippen molar-refractivity contribution >= 4 is 39.4 Å². The van der Waals surface area contributed by atoms with Crippen LogP contribution in [0.3, 0.4) is 0 Å². The van der Waals surface area contributed by atoms with E-state index in [4.69, 9.17) is 9.47 Å². The Labute approximate surface area is 194 Å². The minimum absolute atomic E-state index is 0.181. The highest BCUT2D eigenvalue weighted by atomic mass is 79.9. The number of fused-ring (bicyclic) bond motifs is 6. The minimum Gasteiger partial charge on any atom is -0.493 e. The number of nitrogens with one attached hydrogen (secondary N) is 1. The quantitative estimate of drug-likeness (QED) is 0.635. The van der Waals surface area contributed by atoms with E-state index in [1.807, 2.05) is 31.2 Å². The molecule has 2 aromatic carbocycles. The molecule has 0 saturated carbocycles. The van der Waals surface area contributed by atoms with E-state index in [0.29, 0.717) is 17.0 Å². The molecule has 0 spiro atoms. The summed E-state index contributed by atoms with van der Waals surface area (Å²) in [6.45, 7) is 5.67. The van der Waals surface area contributed by atoms with E-state index in [0.717, 1.165) is 15.6 Å². The molecule has 2 aromatic rings. The fourth-order valence-corrected chi connectivity index (χ4v) is 5.78. The van der Waals surface area contributed by atoms with Crippen molar-refractivity contribution in [2.75, 3.05) is 18.5 Å². The zero-order chi connectivity index (χ0) is 22.8. The number of hydrogen-bond donors (Lipinski definition) is 1. The van der Waals surface area contributed by atoms with E-state index in [1.54, 1.807) is 30.9 Å². The molecule has 0 aromatic heterocycles. The highest BCUT2D eigenvalue weighted by Crippen LogP contribution is 2.57. The summed E-state index contributed by atoms with van der Waals surface area (Å²) >= 11 is 3.50. The van der Waals surface area contributed by atoms with E-state index in [2.05, 4.69) is 21.2 Å². The highest BCUT2D eigenvalue weighted by Gasteiger charge is 2.67. The molecule has 1 fully saturated rings. The van der Waals surface area contributed by atoms with Crippen LogP contribution in [-0.4, -0.2) is 41.4 Å². The Bertz CT molecular complexity index is 1170. The van der Waals surface area contributed by atoms with Crippen LogP contribution in [0.4, 0.5) is 5.69 Å². The smallest absolute Gasteiger partial charge is 0.312 e. The second-order valence-electron chi connectivity index (χ2n) is 8.66. The van der Waals surface area contributed by atoms with Gasteiger partial charge in [0, 0.05) is 16.0 Å². The molecule has 4 atom stereocenters. The molecule has 3 unspecified atom stereocenters. The van der Waals surface area contributed by atoms with Gasteiger partial charge in [0.2, 0.25) is 0 Å². The number of ether oxygens (including phenoxy) is 2. The zero-order valence-electron chi connectivity index (χ0n) is 18.0. The Balaban J connectivity index is 1.76. The number of benzene rings is 2. The summed E-state index contributed by atoms with van der Waals surface area (Å²) in [5.74, 6) is -1.86. The van der Waals surface area contributed by atoms with Gasteiger partial charge in [-0.1, -0.05) is 22.0 Å². The second kappa shape index (κ2) is 7.33. The molecular weight excluding hydrogens is 476 g/mol. The maximum Gasteiger partial charge on any atom is 0.312 e. The van der Waals surface area contributed by atoms with Crippen molar-refractivity contribution in [2.24, 2.45) is 11.8 Å². The molecule has 7 nitrogen and oxygen atoms in total. The minimum atomic E-state index is -1.45. The third kappa shape index (κ3) is 2.81. The standard InChI is InChI=1S/C24H23BrN2O5/c1-4-31-22(29)19-16-11-32-18-8-6-13(25)10-15(18)20(16)27-21(28)14-7-5-12(2)9-17(14)26-23(30)24(19,27)3/h5-10,16,19-20H,4,11H2,1-3H3,(H,26,30)/t16?,19?,20?,24-/m1/s1. The first-order valence-electron chi connectivity index (χ1n) is 10.6. The van der Waals surface area contributed by atoms with E-state index in [9.17, 15) is 14.4 Å². The van der Waals surface area contributed by atoms with Gasteiger partial charge in [0.25, 0.3) is 11.8 Å². The van der Waals surface area contributed by atoms with Crippen LogP contribution in [0.1, 0.15) is 41.4 Å². The Kier molecular flexibility index (Phi) is 4.81. The predicted molar refractivity (Wildman–Crippen MR) is 120 cm³/mol. The molecule has 1 saturated heterocycles. The monoisotopic (exact) mass is 498 g/mol. The number of nitrogens with zero attached hydrogens (tertiary/aromatic N) is 1. The Morgan fingerprint density at radius 2 is 2.06 bits per heavy atom. The number of aryl methyl sites for hydroxylation is 1. The van der Waals surface area contributed by atoms with Crippen LogP contribution in [0.25, 0.3) is 0 Å². The number of esters is 1. The van der Waals surface area contributed by atoms with Gasteiger partial charge in [-0.15, -0.1) is 0 Å². The van der Waals surface area contributed by atoms with Gasteiger partial charge in [0.1, 0.15) is 11.3 Å². The lowest BCUT2D eigenvalue weighted by atomic mass is 9.77. The van der Waals surface area contributed by atoms with Crippen molar-refractivity contribution in [3.05, 3.63) is 57.6 Å². The summed E-state index contributed by atoms with van der Waals surface area (Å²) in [7, 11) is 0. The van der Waals surface area contributed by atoms with Crippen LogP contribution in [0, 0.1) is 18.8 Å². The Hall–Kier alpha value is -2.87. The van der Waals surface area contributed by atoms with E-state index < -0.39 is 35.3 Å². The van der Waals surface area contributed by atoms with Gasteiger partial charge in [-0.3, -0.25) is 14.4 Å². The number of rotatable bonds is 2. The van der Waals surface area contributed by atoms with Crippen LogP contribution in [0.2, 0.25) is 0 Å². The summed E-state index contributed by atoms with van der Waals surface area (Å²) in [6.07, 6.45) is 0. The molecule has 8 heteroatoms. The summed E-state index contributed by atoms with van der Waals surface area (Å²) < 4.78 is 12.2. The number of hydrogen-bond acceptors (Lipinski definition) is 5. The fraction of sp³-hybridized carbons (Fsp3) is 0.375. The van der Waals surface area contributed by atoms with Gasteiger partial charge in [0.15, 0.2) is 0 Å². The van der Waals surface area contributed by atoms with Gasteiger partial charge in [0.05, 0.1) is 36.4 Å². The predicted octanol–water partition coefficient (Wildman–Crippen LogP) is 3.85. The van der Waals surface area contributed by atoms with Crippen LogP contribution >= 0.6 is 15.9 Å². The van der Waals surface area contributed by atoms with Crippen molar-refractivity contribution in [3.8, 4) is 5.75 Å². The first-order chi connectivity index (χ1) is 15.3. The molecule has 3 aliphatic heterocycles. The summed E-state index contributed by atoms with van der Waals surface area (Å²) in [5.41, 5.74) is 1.10. The molecule has 2 amide bonds. The van der Waals surface area contributed by atoms with E-state index in [-0.39, 0.29) is 19.1 Å². The lowest BCUT2D eigenvalue weighted by molar-refractivity contribution is -0.155. The summed E-state index contributed by atoms with van der Waals surface area (Å²) in [5, 5.41) is 2.92. The Morgan fingerprint density at radius 3 is 2.81 bits per heavy atom. The molecule has 3 heterocycles. The number of carbonyl (C=O) groups excluding carboxylic acids is 3. The molecule has 5 rings (SSSR count). The molecule has 0 bridgehead atoms. The van der Waals surface area contributed by atoms with Crippen molar-refractivity contribution < 1.29 is 23.9 Å². The molecule has 166 valence electrons. The van der Waals surface area contributed by atoms with Crippen molar-refractivity contribution in [2.45, 2.75) is 32.4 Å². The van der Waals surface area contributed by atoms with Crippen LogP contribution < -0.4 is 10.1 Å². The second-order valence-corrected chi connectivity index (χ2v) is 9.57. The van der Waals surface area contributed by atoms with Gasteiger partial charge >= 0.3 is 5.97 Å². The van der Waals surface area contributed by atoms with Crippen LogP contribution in [-0.2, 0) is 14.3 Å². The van der Waals surface area contributed by atoms with Gasteiger partial charge < -0.3 is 19.7 Å². The SMILES string of the molecule is CCOC(=O)C1C2COc3ccc(Br)cc3C2N2C(=O)c3ccc(C)cc3NC(=O)[C@@]12C. The molecule has 32 heavy (non-hydrogen) atoms. The lowest BCUT2D eigenvalue weighted by Gasteiger charge is -2.38. The van der Waals surface area contributed by atoms with Gasteiger partial charge in [-0.05, 0) is 56.7 Å². The molecule has 0 radical (unpaired) electrons. The average Bonchev–Trinajstić information content (AvgIpc) is 2.99. The first kappa shape index (κ1) is 21.0. The number of anilines is 1. The summed E-state index contributed by atoms with van der Waals surface area (Å²) in [4.78, 5) is 42.5. The molecule has 1 N–H and O–H groups in total. The third-order valence-corrected chi connectivity index (χ3v) is 7.31. The van der Waals surface area contributed by atoms with Crippen molar-refractivity contribution in [1.29, 1.82) is 0 Å². The number of carbonyl (C=O) groups is 3. The lowest BCUT2D eigenvalue weighted by Crippen LogP contribution is -2.57. The maximum absolute atomic E-state index is 14.0. The number of halogens is 1.